The first-order chi connectivity index (χ1) is 64.2. The van der Waals surface area contributed by atoms with E-state index in [2.05, 4.69) is 196 Å². The first-order valence-corrected chi connectivity index (χ1v) is 54.9. The fraction of sp³-hybridized carbons (Fsp3) is 0.295. The number of aliphatic carboxylic acids is 2. The van der Waals surface area contributed by atoms with Crippen LogP contribution in [0, 0.1) is 0 Å². The van der Waals surface area contributed by atoms with Crippen LogP contribution >= 0.6 is 157 Å². The molecule has 3 radical (unpaired) electrons. The van der Waals surface area contributed by atoms with Gasteiger partial charge in [-0.2, -0.15) is 0 Å². The number of methoxy groups -OCH3 is 1. The average molecular weight is 2360 g/mol. The molecule has 0 unspecified atom stereocenters. The van der Waals surface area contributed by atoms with Gasteiger partial charge < -0.3 is 63.1 Å². The third-order valence-corrected chi connectivity index (χ3v) is 29.8. The van der Waals surface area contributed by atoms with Crippen molar-refractivity contribution < 1.29 is 73.6 Å². The molecule has 0 spiro atoms. The Morgan fingerprint density at radius 3 is 1.25 bits per heavy atom. The lowest BCUT2D eigenvalue weighted by molar-refractivity contribution is -0.134. The number of phenolic OH excluding ortho intramolecular Hbond substituents is 2. The molecule has 0 saturated carbocycles. The van der Waals surface area contributed by atoms with Crippen molar-refractivity contribution in [3.63, 3.8) is 0 Å². The zero-order valence-electron chi connectivity index (χ0n) is 77.0. The minimum atomic E-state index is -3.08. The fourth-order valence-corrected chi connectivity index (χ4v) is 23.1. The van der Waals surface area contributed by atoms with Gasteiger partial charge >= 0.3 is 25.5 Å². The third-order valence-electron chi connectivity index (χ3n) is 21.3. The van der Waals surface area contributed by atoms with Gasteiger partial charge in [-0.15, -0.1) is 0 Å². The Hall–Kier alpha value is -7.45. The number of carboxylic acids is 2. The largest absolute Gasteiger partial charge is 0.508 e. The normalized spacial score (nSPS) is 16.3. The van der Waals surface area contributed by atoms with Gasteiger partial charge in [0.1, 0.15) is 40.2 Å². The fourth-order valence-electron chi connectivity index (χ4n) is 15.8. The van der Waals surface area contributed by atoms with Crippen LogP contribution in [0.2, 0.25) is 49.8 Å². The van der Waals surface area contributed by atoms with Gasteiger partial charge in [0.15, 0.2) is 6.29 Å². The molecule has 6 atom stereocenters. The highest BCUT2D eigenvalue weighted by Crippen LogP contribution is 2.54. The van der Waals surface area contributed by atoms with Crippen molar-refractivity contribution in [1.82, 2.24) is 19.6 Å². The maximum Gasteiger partial charge on any atom is 0.335 e. The number of alkyl halides is 1. The van der Waals surface area contributed by atoms with E-state index in [9.17, 15) is 28.8 Å². The summed E-state index contributed by atoms with van der Waals surface area (Å²) in [7, 11) is 6.33. The number of esters is 1. The molecule has 0 amide bonds. The van der Waals surface area contributed by atoms with E-state index in [0.29, 0.717) is 88.3 Å². The summed E-state index contributed by atoms with van der Waals surface area (Å²) in [6.07, 6.45) is 6.96. The molecular weight excluding hydrogens is 2240 g/mol. The van der Waals surface area contributed by atoms with Crippen LogP contribution < -0.4 is 14.2 Å². The van der Waals surface area contributed by atoms with E-state index >= 15 is 0 Å². The number of carbonyl (C=O) groups is 4. The number of likely N-dealkylation sites (tertiary alicyclic amines) is 3. The lowest BCUT2D eigenvalue weighted by Gasteiger charge is -2.23. The molecule has 138 heavy (non-hydrogen) atoms. The molecule has 5 heterocycles. The minimum absolute atomic E-state index is 0. The summed E-state index contributed by atoms with van der Waals surface area (Å²) in [6.45, 7) is 19.6. The molecule has 0 aromatic heterocycles. The second kappa shape index (κ2) is 60.2. The van der Waals surface area contributed by atoms with Crippen LogP contribution in [0.15, 0.2) is 261 Å². The van der Waals surface area contributed by atoms with E-state index in [1.54, 1.807) is 63.4 Å². The van der Waals surface area contributed by atoms with E-state index in [-0.39, 0.29) is 48.5 Å². The number of hydrogen-bond acceptors (Lipinski definition) is 17. The predicted molar refractivity (Wildman–Crippen MR) is 591 cm³/mol. The zero-order valence-corrected chi connectivity index (χ0v) is 91.4. The topological polar surface area (TPSA) is 235 Å². The van der Waals surface area contributed by atoms with Crippen molar-refractivity contribution in [3.05, 3.63) is 352 Å². The molecule has 739 valence electrons. The number of phenols is 2. The van der Waals surface area contributed by atoms with Gasteiger partial charge in [-0.05, 0) is 233 Å². The first kappa shape index (κ1) is 121. The zero-order chi connectivity index (χ0) is 98.8. The minimum Gasteiger partial charge on any atom is -0.508 e. The van der Waals surface area contributed by atoms with E-state index < -0.39 is 27.6 Å². The highest BCUT2D eigenvalue weighted by Gasteiger charge is 2.41. The number of benzene rings is 11. The number of hydrogen-bond donors (Lipinski definition) is 4. The van der Waals surface area contributed by atoms with Crippen LogP contribution in [0.4, 0.5) is 0 Å². The maximum absolute atomic E-state index is 12.3. The number of aromatic hydroxyl groups is 2. The predicted octanol–water partition coefficient (Wildman–Crippen LogP) is 30.7. The van der Waals surface area contributed by atoms with Crippen LogP contribution in [-0.4, -0.2) is 181 Å². The van der Waals surface area contributed by atoms with Gasteiger partial charge in [0.05, 0.1) is 39.7 Å². The van der Waals surface area contributed by atoms with Crippen LogP contribution in [0.1, 0.15) is 139 Å². The van der Waals surface area contributed by atoms with Crippen molar-refractivity contribution in [3.8, 4) is 40.2 Å². The highest BCUT2D eigenvalue weighted by atomic mass is 79.9. The molecule has 5 aliphatic rings. The molecular formula is C105H120BBr5Cl6N4O15PSi. The molecule has 11 aromatic rings. The Labute approximate surface area is 889 Å². The number of aldehydes is 1. The summed E-state index contributed by atoms with van der Waals surface area (Å²) in [5, 5.41) is 39.9. The molecule has 33 heteroatoms. The van der Waals surface area contributed by atoms with Crippen LogP contribution in [-0.2, 0) is 44.2 Å². The Kier molecular flexibility index (Phi) is 52.8. The van der Waals surface area contributed by atoms with Gasteiger partial charge in [0, 0.05) is 181 Å². The molecule has 19 nitrogen and oxygen atoms in total. The second-order valence-electron chi connectivity index (χ2n) is 33.2. The first-order valence-electron chi connectivity index (χ1n) is 42.9. The SMILES string of the molecule is C.C.CC(=O)Oc1ccccc1/C=C/c1cc(Cl)ccc1Br.CCOP(=O)(Cc1cc(Cl)ccc1Br)OCC.CN1C[C@@H]2c3ccccc3Oc3ccc(Cl)cc3[C@H]2C1.CN1C[C@@H]2c3ccccc3Oc3ccc(Cl)cc3[C@H]2C1.CN1C[C@H](c2ccccc2O)[C@@H](c2cc(Cl)ccc2Br)C1.COCN(C)C[Si](C)(C)C.Clc1ccc(Br)c(CBr)c1.O=C(O)/C=C\C(=O)O.O=Cc1ccccc1O.[2HH].[B]. The average Bonchev–Trinajstić information content (AvgIpc) is 1.63. The number of fused-ring (bicyclic) bond motifs is 10. The Morgan fingerprint density at radius 2 is 0.833 bits per heavy atom. The summed E-state index contributed by atoms with van der Waals surface area (Å²) in [5.74, 6) is 4.42. The number of rotatable bonds is 19. The van der Waals surface area contributed by atoms with Gasteiger partial charge in [0.2, 0.25) is 0 Å². The number of nitrogens with zero attached hydrogens (tertiary/aromatic N) is 4. The summed E-state index contributed by atoms with van der Waals surface area (Å²) in [5.41, 5.74) is 11.4. The number of ether oxygens (including phenoxy) is 4. The highest BCUT2D eigenvalue weighted by molar-refractivity contribution is 9.11. The molecule has 0 aliphatic carbocycles. The van der Waals surface area contributed by atoms with Crippen molar-refractivity contribution in [1.29, 1.82) is 0 Å². The third kappa shape index (κ3) is 38.7. The number of para-hydroxylation sites is 5. The molecule has 16 rings (SSSR count). The van der Waals surface area contributed by atoms with Crippen molar-refractivity contribution in [2.24, 2.45) is 0 Å². The summed E-state index contributed by atoms with van der Waals surface area (Å²) < 4.78 is 49.2. The van der Waals surface area contributed by atoms with E-state index in [4.69, 9.17) is 113 Å². The van der Waals surface area contributed by atoms with E-state index in [0.717, 1.165) is 135 Å². The van der Waals surface area contributed by atoms with Crippen LogP contribution in [0.25, 0.3) is 12.2 Å². The Morgan fingerprint density at radius 1 is 0.478 bits per heavy atom. The molecule has 3 fully saturated rings. The summed E-state index contributed by atoms with van der Waals surface area (Å²) in [4.78, 5) is 49.6. The standard InChI is InChI=1S/C17H17BrClNO.2C17H16ClNO.C16H12BrClO2.C11H15BrClO3P.C7H5Br2Cl.C7H19NOSi.C7H6O2.C4H4O4.2CH4.B.H2/c1-20-9-14(12-4-2-3-5-17(12)21)15(10-20)13-8-11(19)6-7-16(13)18;2*1-19-9-14-12-4-2-3-5-16(12)20-17-7-6-11(18)8-13(17)15(14)10-19;1-11(19)20-16-5-3-2-4-12(16)6-7-13-10-14(18)8-9-15(13)17;1-3-15-17(14,16-4-2)8-9-7-10(13)5-6-11(9)12;8-4-5-3-6(10)1-2-7(5)9;1-8(6-9-2)7-10(3,4)5;8-5-6-3-1-2-4-7(6)9;5-3(6)1-2-4(7)8;;;;/h2-8,14-15,21H,9-10H2,1H3;2*2-8,14-15H,9-10H2,1H3;2-10H,1H3;5-7H,3-4,8H2,1-2H3;1-3H,4H2;6-7H2,1-5H3;1-5,9H;1-2H,(H,5,6)(H,7,8);2*1H4;;1H/b;;;7-6+;;;;;2-1-;;;;/t3*14-,15-;;;;;;;;;;/m111........../s1/i;;;;;;;;;;;;1+1. The van der Waals surface area contributed by atoms with Gasteiger partial charge in [-0.3, -0.25) is 19.1 Å². The number of likely N-dealkylation sites (N-methyl/N-ethyl adjacent to an activating group) is 3. The number of halogens is 11. The van der Waals surface area contributed by atoms with Gasteiger partial charge in [0.25, 0.3) is 0 Å². The lowest BCUT2D eigenvalue weighted by Crippen LogP contribution is -2.38. The van der Waals surface area contributed by atoms with Gasteiger partial charge in [-0.1, -0.05) is 281 Å². The molecule has 3 saturated heterocycles. The number of carboxylic acid groups (broad SMARTS) is 2. The van der Waals surface area contributed by atoms with E-state index in [1.165, 1.54) is 52.5 Å². The summed E-state index contributed by atoms with van der Waals surface area (Å²) in [6, 6.07) is 72.7. The second-order valence-corrected chi connectivity index (χ2v) is 47.3. The van der Waals surface area contributed by atoms with Crippen molar-refractivity contribution >= 4 is 210 Å². The van der Waals surface area contributed by atoms with E-state index in [1.807, 2.05) is 146 Å². The maximum atomic E-state index is 12.3. The van der Waals surface area contributed by atoms with Gasteiger partial charge in [-0.25, -0.2) is 9.59 Å². The molecule has 0 bridgehead atoms. The van der Waals surface area contributed by atoms with Crippen LogP contribution in [0.5, 0.6) is 40.2 Å². The van der Waals surface area contributed by atoms with Crippen molar-refractivity contribution in [2.45, 2.75) is 102 Å². The molecule has 4 N–H and O–H groups in total. The Balaban J connectivity index is 0.000000331. The monoisotopic (exact) mass is 2350 g/mol. The van der Waals surface area contributed by atoms with Crippen LogP contribution in [0.3, 0.4) is 0 Å². The summed E-state index contributed by atoms with van der Waals surface area (Å²) >= 11 is 53.5. The molecule has 11 aromatic carbocycles. The smallest absolute Gasteiger partial charge is 0.335 e. The lowest BCUT2D eigenvalue weighted by atomic mass is 9.84. The Bertz CT molecular complexity index is 5780. The quantitative estimate of drug-likeness (QED) is 0.00678. The van der Waals surface area contributed by atoms with Crippen molar-refractivity contribution in [2.75, 3.05) is 101 Å². The molecule has 5 aliphatic heterocycles. The number of carbonyl (C=O) groups excluding carboxylic acids is 2.